The van der Waals surface area contributed by atoms with Crippen LogP contribution in [0.5, 0.6) is 0 Å². The van der Waals surface area contributed by atoms with Crippen molar-refractivity contribution in [3.63, 3.8) is 0 Å². The maximum Gasteiger partial charge on any atom is 0.253 e. The normalized spacial score (nSPS) is 11.1. The number of hydrogen-bond acceptors (Lipinski definition) is 4. The van der Waals surface area contributed by atoms with E-state index in [0.717, 1.165) is 10.9 Å². The Morgan fingerprint density at radius 3 is 2.36 bits per heavy atom. The minimum atomic E-state index is -3.69. The van der Waals surface area contributed by atoms with Gasteiger partial charge in [-0.1, -0.05) is 35.0 Å². The average Bonchev–Trinajstić information content (AvgIpc) is 2.66. The number of benzene rings is 2. The van der Waals surface area contributed by atoms with Crippen molar-refractivity contribution in [3.05, 3.63) is 58.6 Å². The molecule has 2 rings (SSSR count). The van der Waals surface area contributed by atoms with Gasteiger partial charge in [0.2, 0.25) is 15.9 Å². The monoisotopic (exact) mass is 467 g/mol. The Bertz CT molecular complexity index is 930. The lowest BCUT2D eigenvalue weighted by Crippen LogP contribution is -2.29. The fourth-order valence-corrected chi connectivity index (χ4v) is 3.63. The van der Waals surface area contributed by atoms with Gasteiger partial charge in [0.1, 0.15) is 0 Å². The number of anilines is 1. The second-order valence-corrected chi connectivity index (χ2v) is 8.63. The maximum atomic E-state index is 12.2. The van der Waals surface area contributed by atoms with Crippen molar-refractivity contribution < 1.29 is 18.0 Å². The number of carbonyl (C=O) groups is 2. The van der Waals surface area contributed by atoms with E-state index in [1.807, 2.05) is 6.92 Å². The molecule has 0 saturated heterocycles. The summed E-state index contributed by atoms with van der Waals surface area (Å²) in [5, 5.41) is 5.42. The zero-order valence-electron chi connectivity index (χ0n) is 15.4. The number of amides is 2. The summed E-state index contributed by atoms with van der Waals surface area (Å²) in [6.45, 7) is 2.43. The standard InChI is InChI=1S/C19H22BrN3O4S/c1-2-12-21-19(25)16-5-3-4-6-17(16)23-18(24)11-13-22-28(26,27)15-9-7-14(20)8-10-15/h3-10,22H,2,11-13H2,1H3,(H,21,25)(H,23,24). The van der Waals surface area contributed by atoms with Crippen LogP contribution in [0, 0.1) is 0 Å². The zero-order chi connectivity index (χ0) is 20.6. The maximum absolute atomic E-state index is 12.2. The third-order valence-electron chi connectivity index (χ3n) is 3.75. The highest BCUT2D eigenvalue weighted by atomic mass is 79.9. The number of hydrogen-bond donors (Lipinski definition) is 3. The second kappa shape index (κ2) is 10.4. The van der Waals surface area contributed by atoms with Crippen molar-refractivity contribution in [2.24, 2.45) is 0 Å². The summed E-state index contributed by atoms with van der Waals surface area (Å²) in [6, 6.07) is 12.9. The molecule has 0 aromatic heterocycles. The molecule has 0 bridgehead atoms. The van der Waals surface area contributed by atoms with Crippen LogP contribution < -0.4 is 15.4 Å². The Labute approximate surface area is 173 Å². The van der Waals surface area contributed by atoms with Gasteiger partial charge in [-0.25, -0.2) is 13.1 Å². The van der Waals surface area contributed by atoms with Gasteiger partial charge in [-0.3, -0.25) is 9.59 Å². The first kappa shape index (κ1) is 22.1. The molecule has 0 heterocycles. The first-order valence-electron chi connectivity index (χ1n) is 8.76. The Balaban J connectivity index is 1.93. The van der Waals surface area contributed by atoms with Gasteiger partial charge in [-0.2, -0.15) is 0 Å². The van der Waals surface area contributed by atoms with Crippen LogP contribution in [0.15, 0.2) is 57.9 Å². The van der Waals surface area contributed by atoms with Crippen LogP contribution in [0.1, 0.15) is 30.1 Å². The molecule has 7 nitrogen and oxygen atoms in total. The molecule has 3 N–H and O–H groups in total. The molecular weight excluding hydrogens is 446 g/mol. The molecule has 0 saturated carbocycles. The predicted octanol–water partition coefficient (Wildman–Crippen LogP) is 2.90. The van der Waals surface area contributed by atoms with E-state index in [0.29, 0.717) is 17.8 Å². The minimum Gasteiger partial charge on any atom is -0.352 e. The first-order chi connectivity index (χ1) is 13.3. The molecule has 9 heteroatoms. The largest absolute Gasteiger partial charge is 0.352 e. The van der Waals surface area contributed by atoms with Crippen molar-refractivity contribution in [1.82, 2.24) is 10.0 Å². The minimum absolute atomic E-state index is 0.0611. The topological polar surface area (TPSA) is 104 Å². The quantitative estimate of drug-likeness (QED) is 0.527. The Morgan fingerprint density at radius 2 is 1.68 bits per heavy atom. The SMILES string of the molecule is CCCNC(=O)c1ccccc1NC(=O)CCNS(=O)(=O)c1ccc(Br)cc1. The van der Waals surface area contributed by atoms with Crippen LogP contribution >= 0.6 is 15.9 Å². The summed E-state index contributed by atoms with van der Waals surface area (Å²) in [5.41, 5.74) is 0.747. The Kier molecular flexibility index (Phi) is 8.16. The van der Waals surface area contributed by atoms with Gasteiger partial charge in [0.05, 0.1) is 16.1 Å². The van der Waals surface area contributed by atoms with E-state index in [1.54, 1.807) is 36.4 Å². The highest BCUT2D eigenvalue weighted by molar-refractivity contribution is 9.10. The van der Waals surface area contributed by atoms with Crippen LogP contribution in [0.3, 0.4) is 0 Å². The number of rotatable bonds is 9. The predicted molar refractivity (Wildman–Crippen MR) is 112 cm³/mol. The molecule has 0 aliphatic heterocycles. The Morgan fingerprint density at radius 1 is 1.00 bits per heavy atom. The van der Waals surface area contributed by atoms with Crippen molar-refractivity contribution in [2.45, 2.75) is 24.7 Å². The summed E-state index contributed by atoms with van der Waals surface area (Å²) in [5.74, 6) is -0.664. The van der Waals surface area contributed by atoms with Crippen LogP contribution in [0.2, 0.25) is 0 Å². The van der Waals surface area contributed by atoms with Gasteiger partial charge in [-0.15, -0.1) is 0 Å². The van der Waals surface area contributed by atoms with Crippen molar-refractivity contribution >= 4 is 43.5 Å². The Hall–Kier alpha value is -2.23. The molecule has 0 atom stereocenters. The highest BCUT2D eigenvalue weighted by Gasteiger charge is 2.15. The molecule has 28 heavy (non-hydrogen) atoms. The molecule has 0 aliphatic rings. The van der Waals surface area contributed by atoms with Crippen LogP contribution in [0.25, 0.3) is 0 Å². The summed E-state index contributed by atoms with van der Waals surface area (Å²) in [7, 11) is -3.69. The van der Waals surface area contributed by atoms with Crippen LogP contribution in [-0.2, 0) is 14.8 Å². The third-order valence-corrected chi connectivity index (χ3v) is 5.76. The van der Waals surface area contributed by atoms with Gasteiger partial charge >= 0.3 is 0 Å². The molecule has 0 unspecified atom stereocenters. The van der Waals surface area contributed by atoms with E-state index in [4.69, 9.17) is 0 Å². The lowest BCUT2D eigenvalue weighted by atomic mass is 10.1. The zero-order valence-corrected chi connectivity index (χ0v) is 17.8. The smallest absolute Gasteiger partial charge is 0.253 e. The molecule has 2 amide bonds. The fraction of sp³-hybridized carbons (Fsp3) is 0.263. The molecule has 2 aromatic rings. The van der Waals surface area contributed by atoms with Gasteiger partial charge < -0.3 is 10.6 Å². The van der Waals surface area contributed by atoms with E-state index < -0.39 is 15.9 Å². The molecule has 150 valence electrons. The number of para-hydroxylation sites is 1. The lowest BCUT2D eigenvalue weighted by molar-refractivity contribution is -0.116. The highest BCUT2D eigenvalue weighted by Crippen LogP contribution is 2.16. The number of sulfonamides is 1. The van der Waals surface area contributed by atoms with E-state index in [9.17, 15) is 18.0 Å². The molecule has 2 aromatic carbocycles. The second-order valence-electron chi connectivity index (χ2n) is 5.95. The van der Waals surface area contributed by atoms with Crippen molar-refractivity contribution in [1.29, 1.82) is 0 Å². The number of nitrogens with one attached hydrogen (secondary N) is 3. The van der Waals surface area contributed by atoms with E-state index in [2.05, 4.69) is 31.3 Å². The number of carbonyl (C=O) groups excluding carboxylic acids is 2. The average molecular weight is 468 g/mol. The summed E-state index contributed by atoms with van der Waals surface area (Å²) < 4.78 is 27.6. The molecule has 0 fully saturated rings. The van der Waals surface area contributed by atoms with Crippen molar-refractivity contribution in [3.8, 4) is 0 Å². The van der Waals surface area contributed by atoms with Crippen molar-refractivity contribution in [2.75, 3.05) is 18.4 Å². The summed E-state index contributed by atoms with van der Waals surface area (Å²) >= 11 is 3.25. The van der Waals surface area contributed by atoms with Crippen LogP contribution in [-0.4, -0.2) is 33.3 Å². The van der Waals surface area contributed by atoms with Gasteiger partial charge in [0.15, 0.2) is 0 Å². The molecular formula is C19H22BrN3O4S. The summed E-state index contributed by atoms with van der Waals surface area (Å²) in [4.78, 5) is 24.5. The first-order valence-corrected chi connectivity index (χ1v) is 11.0. The number of halogens is 1. The van der Waals surface area contributed by atoms with Gasteiger partial charge in [0.25, 0.3) is 5.91 Å². The van der Waals surface area contributed by atoms with Crippen LogP contribution in [0.4, 0.5) is 5.69 Å². The van der Waals surface area contributed by atoms with E-state index in [1.165, 1.54) is 12.1 Å². The van der Waals surface area contributed by atoms with E-state index in [-0.39, 0.29) is 23.8 Å². The van der Waals surface area contributed by atoms with Gasteiger partial charge in [0, 0.05) is 24.0 Å². The van der Waals surface area contributed by atoms with Gasteiger partial charge in [-0.05, 0) is 42.8 Å². The molecule has 0 radical (unpaired) electrons. The fourth-order valence-electron chi connectivity index (χ4n) is 2.33. The summed E-state index contributed by atoms with van der Waals surface area (Å²) in [6.07, 6.45) is 0.736. The van der Waals surface area contributed by atoms with E-state index >= 15 is 0 Å². The molecule has 0 spiro atoms. The molecule has 0 aliphatic carbocycles. The lowest BCUT2D eigenvalue weighted by Gasteiger charge is -2.11. The third kappa shape index (κ3) is 6.43.